The first-order valence-electron chi connectivity index (χ1n) is 7.01. The Morgan fingerprint density at radius 3 is 2.25 bits per heavy atom. The smallest absolute Gasteiger partial charge is 0.0861 e. The van der Waals surface area contributed by atoms with Gasteiger partial charge in [-0.15, -0.1) is 0 Å². The minimum absolute atomic E-state index is 0.116. The van der Waals surface area contributed by atoms with Gasteiger partial charge in [0.15, 0.2) is 0 Å². The van der Waals surface area contributed by atoms with E-state index < -0.39 is 6.10 Å². The van der Waals surface area contributed by atoms with Crippen LogP contribution < -0.4 is 0 Å². The third kappa shape index (κ3) is 2.59. The molecule has 0 bridgehead atoms. The summed E-state index contributed by atoms with van der Waals surface area (Å²) in [6.07, 6.45) is 6.74. The lowest BCUT2D eigenvalue weighted by Gasteiger charge is -2.27. The van der Waals surface area contributed by atoms with Crippen molar-refractivity contribution < 1.29 is 5.11 Å². The van der Waals surface area contributed by atoms with E-state index in [0.29, 0.717) is 0 Å². The summed E-state index contributed by atoms with van der Waals surface area (Å²) in [7, 11) is 0. The zero-order chi connectivity index (χ0) is 13.8. The van der Waals surface area contributed by atoms with Crippen molar-refractivity contribution >= 4 is 5.57 Å². The Hall–Kier alpha value is -2.12. The van der Waals surface area contributed by atoms with Crippen LogP contribution in [-0.4, -0.2) is 5.11 Å². The third-order valence-corrected chi connectivity index (χ3v) is 3.83. The molecule has 0 aliphatic heterocycles. The SMILES string of the molecule is OC(c1ccccc1)C1CC=CC=C1c1ccccc1. The molecule has 20 heavy (non-hydrogen) atoms. The van der Waals surface area contributed by atoms with Crippen LogP contribution in [0.25, 0.3) is 5.57 Å². The summed E-state index contributed by atoms with van der Waals surface area (Å²) in [5.41, 5.74) is 3.39. The average Bonchev–Trinajstić information content (AvgIpc) is 2.56. The molecule has 2 aromatic carbocycles. The van der Waals surface area contributed by atoms with Crippen LogP contribution >= 0.6 is 0 Å². The van der Waals surface area contributed by atoms with E-state index in [1.807, 2.05) is 48.5 Å². The molecule has 3 rings (SSSR count). The molecule has 0 radical (unpaired) electrons. The molecule has 0 saturated heterocycles. The molecule has 0 spiro atoms. The Morgan fingerprint density at radius 2 is 1.55 bits per heavy atom. The summed E-state index contributed by atoms with van der Waals surface area (Å²) in [5, 5.41) is 10.7. The number of rotatable bonds is 3. The van der Waals surface area contributed by atoms with Gasteiger partial charge in [0, 0.05) is 5.92 Å². The maximum Gasteiger partial charge on any atom is 0.0861 e. The number of allylic oxidation sites excluding steroid dienone is 3. The molecular formula is C19H18O. The van der Waals surface area contributed by atoms with Gasteiger partial charge in [-0.3, -0.25) is 0 Å². The van der Waals surface area contributed by atoms with Gasteiger partial charge in [-0.05, 0) is 23.1 Å². The molecular weight excluding hydrogens is 244 g/mol. The van der Waals surface area contributed by atoms with Crippen LogP contribution in [0.4, 0.5) is 0 Å². The maximum absolute atomic E-state index is 10.7. The van der Waals surface area contributed by atoms with Crippen LogP contribution in [0, 0.1) is 5.92 Å². The van der Waals surface area contributed by atoms with Crippen molar-refractivity contribution in [2.24, 2.45) is 5.92 Å². The second-order valence-electron chi connectivity index (χ2n) is 5.11. The van der Waals surface area contributed by atoms with Crippen LogP contribution in [0.1, 0.15) is 23.7 Å². The lowest BCUT2D eigenvalue weighted by molar-refractivity contribution is 0.136. The molecule has 0 heterocycles. The van der Waals surface area contributed by atoms with Crippen LogP contribution in [0.5, 0.6) is 0 Å². The Kier molecular flexibility index (Phi) is 3.80. The van der Waals surface area contributed by atoms with Crippen molar-refractivity contribution in [2.75, 3.05) is 0 Å². The Labute approximate surface area is 119 Å². The first-order chi connectivity index (χ1) is 9.86. The molecule has 1 nitrogen and oxygen atoms in total. The maximum atomic E-state index is 10.7. The van der Waals surface area contributed by atoms with Crippen molar-refractivity contribution in [3.05, 3.63) is 90.0 Å². The predicted molar refractivity (Wildman–Crippen MR) is 83.1 cm³/mol. The minimum Gasteiger partial charge on any atom is -0.388 e. The van der Waals surface area contributed by atoms with Crippen LogP contribution in [-0.2, 0) is 0 Å². The molecule has 1 aliphatic carbocycles. The fourth-order valence-corrected chi connectivity index (χ4v) is 2.77. The number of aliphatic hydroxyl groups excluding tert-OH is 1. The first-order valence-corrected chi connectivity index (χ1v) is 7.01. The second kappa shape index (κ2) is 5.89. The van der Waals surface area contributed by atoms with Gasteiger partial charge in [0.25, 0.3) is 0 Å². The van der Waals surface area contributed by atoms with Gasteiger partial charge < -0.3 is 5.11 Å². The summed E-state index contributed by atoms with van der Waals surface area (Å²) in [6, 6.07) is 20.2. The highest BCUT2D eigenvalue weighted by atomic mass is 16.3. The summed E-state index contributed by atoms with van der Waals surface area (Å²) in [4.78, 5) is 0. The van der Waals surface area contributed by atoms with Gasteiger partial charge in [-0.25, -0.2) is 0 Å². The van der Waals surface area contributed by atoms with Crippen LogP contribution in [0.2, 0.25) is 0 Å². The van der Waals surface area contributed by atoms with Crippen molar-refractivity contribution in [1.82, 2.24) is 0 Å². The Balaban J connectivity index is 1.93. The van der Waals surface area contributed by atoms with E-state index in [2.05, 4.69) is 30.4 Å². The highest BCUT2D eigenvalue weighted by molar-refractivity contribution is 5.70. The van der Waals surface area contributed by atoms with E-state index in [4.69, 9.17) is 0 Å². The first kappa shape index (κ1) is 12.9. The molecule has 0 fully saturated rings. The molecule has 1 N–H and O–H groups in total. The highest BCUT2D eigenvalue weighted by Crippen LogP contribution is 2.38. The zero-order valence-corrected chi connectivity index (χ0v) is 11.3. The second-order valence-corrected chi connectivity index (χ2v) is 5.11. The van der Waals surface area contributed by atoms with Gasteiger partial charge in [0.05, 0.1) is 6.10 Å². The molecule has 2 unspecified atom stereocenters. The molecule has 0 amide bonds. The number of benzene rings is 2. The minimum atomic E-state index is -0.465. The summed E-state index contributed by atoms with van der Waals surface area (Å²) >= 11 is 0. The lowest BCUT2D eigenvalue weighted by Crippen LogP contribution is -2.15. The summed E-state index contributed by atoms with van der Waals surface area (Å²) in [6.45, 7) is 0. The van der Waals surface area contributed by atoms with Gasteiger partial charge >= 0.3 is 0 Å². The molecule has 0 aromatic heterocycles. The number of hydrogen-bond donors (Lipinski definition) is 1. The van der Waals surface area contributed by atoms with Crippen molar-refractivity contribution in [1.29, 1.82) is 0 Å². The third-order valence-electron chi connectivity index (χ3n) is 3.83. The molecule has 1 aliphatic rings. The highest BCUT2D eigenvalue weighted by Gasteiger charge is 2.25. The van der Waals surface area contributed by atoms with Gasteiger partial charge in [0.2, 0.25) is 0 Å². The molecule has 2 atom stereocenters. The van der Waals surface area contributed by atoms with E-state index >= 15 is 0 Å². The van der Waals surface area contributed by atoms with E-state index in [-0.39, 0.29) is 5.92 Å². The van der Waals surface area contributed by atoms with Crippen LogP contribution in [0.3, 0.4) is 0 Å². The monoisotopic (exact) mass is 262 g/mol. The Bertz CT molecular complexity index is 611. The number of aliphatic hydroxyl groups is 1. The van der Waals surface area contributed by atoms with E-state index in [0.717, 1.165) is 12.0 Å². The fraction of sp³-hybridized carbons (Fsp3) is 0.158. The van der Waals surface area contributed by atoms with Crippen molar-refractivity contribution in [2.45, 2.75) is 12.5 Å². The fourth-order valence-electron chi connectivity index (χ4n) is 2.77. The van der Waals surface area contributed by atoms with Crippen molar-refractivity contribution in [3.8, 4) is 0 Å². The topological polar surface area (TPSA) is 20.2 Å². The van der Waals surface area contributed by atoms with E-state index in [1.165, 1.54) is 11.1 Å². The van der Waals surface area contributed by atoms with Gasteiger partial charge in [-0.2, -0.15) is 0 Å². The normalized spacial score (nSPS) is 19.4. The number of hydrogen-bond acceptors (Lipinski definition) is 1. The van der Waals surface area contributed by atoms with Gasteiger partial charge in [0.1, 0.15) is 0 Å². The predicted octanol–water partition coefficient (Wildman–Crippen LogP) is 4.38. The molecule has 2 aromatic rings. The standard InChI is InChI=1S/C19H18O/c20-19(16-11-5-2-6-12-16)18-14-8-7-13-17(18)15-9-3-1-4-10-15/h1-13,18-20H,14H2. The van der Waals surface area contributed by atoms with Gasteiger partial charge in [-0.1, -0.05) is 78.9 Å². The lowest BCUT2D eigenvalue weighted by atomic mass is 9.80. The quantitative estimate of drug-likeness (QED) is 0.870. The summed E-state index contributed by atoms with van der Waals surface area (Å²) in [5.74, 6) is 0.116. The van der Waals surface area contributed by atoms with Crippen LogP contribution in [0.15, 0.2) is 78.9 Å². The largest absolute Gasteiger partial charge is 0.388 e. The summed E-state index contributed by atoms with van der Waals surface area (Å²) < 4.78 is 0. The average molecular weight is 262 g/mol. The molecule has 0 saturated carbocycles. The molecule has 1 heteroatoms. The zero-order valence-electron chi connectivity index (χ0n) is 11.3. The van der Waals surface area contributed by atoms with E-state index in [1.54, 1.807) is 0 Å². The molecule has 100 valence electrons. The Morgan fingerprint density at radius 1 is 0.900 bits per heavy atom. The van der Waals surface area contributed by atoms with Crippen molar-refractivity contribution in [3.63, 3.8) is 0 Å². The van der Waals surface area contributed by atoms with E-state index in [9.17, 15) is 5.11 Å².